The lowest BCUT2D eigenvalue weighted by atomic mass is 10.1. The third-order valence-electron chi connectivity index (χ3n) is 7.00. The average Bonchev–Trinajstić information content (AvgIpc) is 3.01. The molecule has 0 radical (unpaired) electrons. The normalized spacial score (nSPS) is 11.9. The fraction of sp³-hybridized carbons (Fsp3) is 0. The van der Waals surface area contributed by atoms with Gasteiger partial charge in [-0.25, -0.2) is 0 Å². The van der Waals surface area contributed by atoms with Crippen molar-refractivity contribution in [3.05, 3.63) is 158 Å². The van der Waals surface area contributed by atoms with E-state index in [1.165, 1.54) is 0 Å². The predicted octanol–water partition coefficient (Wildman–Crippen LogP) is 6.12. The first-order valence-corrected chi connectivity index (χ1v) is 16.0. The van der Waals surface area contributed by atoms with Gasteiger partial charge in [0.05, 0.1) is 0 Å². The Hall–Kier alpha value is -3.96. The van der Waals surface area contributed by atoms with Crippen molar-refractivity contribution in [2.24, 2.45) is 0 Å². The first-order chi connectivity index (χ1) is 18.6. The van der Waals surface area contributed by atoms with Crippen molar-refractivity contribution in [1.29, 1.82) is 0 Å². The van der Waals surface area contributed by atoms with Gasteiger partial charge in [-0.2, -0.15) is 0 Å². The van der Waals surface area contributed by atoms with E-state index >= 15 is 9.13 Å². The van der Waals surface area contributed by atoms with Crippen LogP contribution in [0.5, 0.6) is 0 Å². The topological polar surface area (TPSA) is 34.1 Å². The quantitative estimate of drug-likeness (QED) is 0.244. The van der Waals surface area contributed by atoms with Crippen molar-refractivity contribution in [1.82, 2.24) is 0 Å². The molecule has 0 unspecified atom stereocenters. The molecular formula is C34H26O2P2. The lowest BCUT2D eigenvalue weighted by Crippen LogP contribution is -2.38. The molecular weight excluding hydrogens is 502 g/mol. The first kappa shape index (κ1) is 24.4. The lowest BCUT2D eigenvalue weighted by molar-refractivity contribution is 0.590. The smallest absolute Gasteiger partial charge is 0.171 e. The van der Waals surface area contributed by atoms with Crippen LogP contribution in [0.4, 0.5) is 0 Å². The third kappa shape index (κ3) is 4.07. The van der Waals surface area contributed by atoms with Crippen LogP contribution in [0, 0.1) is 0 Å². The van der Waals surface area contributed by atoms with E-state index in [-0.39, 0.29) is 0 Å². The van der Waals surface area contributed by atoms with Gasteiger partial charge in [0, 0.05) is 31.8 Å². The molecule has 0 heterocycles. The molecule has 6 aromatic carbocycles. The Balaban J connectivity index is 1.79. The van der Waals surface area contributed by atoms with Gasteiger partial charge in [0.25, 0.3) is 0 Å². The average molecular weight is 529 g/mol. The molecule has 184 valence electrons. The maximum Gasteiger partial charge on any atom is 0.171 e. The van der Waals surface area contributed by atoms with Crippen LogP contribution in [-0.2, 0) is 9.13 Å². The summed E-state index contributed by atoms with van der Waals surface area (Å²) in [6.07, 6.45) is 0. The van der Waals surface area contributed by atoms with Crippen molar-refractivity contribution in [3.63, 3.8) is 0 Å². The van der Waals surface area contributed by atoms with E-state index in [9.17, 15) is 0 Å². The molecule has 6 rings (SSSR count). The Morgan fingerprint density at radius 2 is 0.553 bits per heavy atom. The van der Waals surface area contributed by atoms with Gasteiger partial charge < -0.3 is 9.13 Å². The van der Waals surface area contributed by atoms with Crippen LogP contribution in [0.1, 0.15) is 0 Å². The molecule has 0 amide bonds. The van der Waals surface area contributed by atoms with Crippen LogP contribution in [0.3, 0.4) is 0 Å². The summed E-state index contributed by atoms with van der Waals surface area (Å²) in [6.45, 7) is 0. The minimum absolute atomic E-state index is 0.615. The van der Waals surface area contributed by atoms with E-state index in [0.717, 1.165) is 32.0 Å². The zero-order valence-electron chi connectivity index (χ0n) is 20.7. The minimum atomic E-state index is -3.43. The summed E-state index contributed by atoms with van der Waals surface area (Å²) < 4.78 is 31.3. The Kier molecular flexibility index (Phi) is 6.46. The Morgan fingerprint density at radius 1 is 0.316 bits per heavy atom. The second-order valence-corrected chi connectivity index (χ2v) is 14.7. The number of hydrogen-bond acceptors (Lipinski definition) is 2. The largest absolute Gasteiger partial charge is 0.309 e. The molecule has 0 aliphatic carbocycles. The molecule has 4 heteroatoms. The van der Waals surface area contributed by atoms with Gasteiger partial charge >= 0.3 is 0 Å². The van der Waals surface area contributed by atoms with E-state index in [1.807, 2.05) is 158 Å². The van der Waals surface area contributed by atoms with Gasteiger partial charge in [0.15, 0.2) is 14.3 Å². The number of hydrogen-bond donors (Lipinski definition) is 0. The van der Waals surface area contributed by atoms with E-state index in [1.54, 1.807) is 0 Å². The highest BCUT2D eigenvalue weighted by Crippen LogP contribution is 2.49. The fourth-order valence-corrected chi connectivity index (χ4v) is 11.5. The van der Waals surface area contributed by atoms with Gasteiger partial charge in [-0.15, -0.1) is 0 Å². The molecule has 0 atom stereocenters. The molecule has 0 aliphatic rings. The molecule has 0 bridgehead atoms. The predicted molar refractivity (Wildman–Crippen MR) is 163 cm³/mol. The molecule has 0 saturated carbocycles. The summed E-state index contributed by atoms with van der Waals surface area (Å²) in [6, 6.07) is 50.4. The first-order valence-electron chi connectivity index (χ1n) is 12.6. The highest BCUT2D eigenvalue weighted by atomic mass is 31.2. The van der Waals surface area contributed by atoms with Crippen LogP contribution in [0.15, 0.2) is 158 Å². The van der Waals surface area contributed by atoms with Crippen LogP contribution in [0.2, 0.25) is 0 Å². The van der Waals surface area contributed by atoms with Crippen molar-refractivity contribution >= 4 is 56.9 Å². The Bertz CT molecular complexity index is 1580. The summed E-state index contributed by atoms with van der Waals surface area (Å²) in [4.78, 5) is 0. The SMILES string of the molecule is O=P(c1ccccc1)(c1ccccc1)c1cc2ccccc2cc1P(=O)(c1ccccc1)c1ccccc1. The van der Waals surface area contributed by atoms with E-state index in [0.29, 0.717) is 10.6 Å². The fourth-order valence-electron chi connectivity index (χ4n) is 5.13. The van der Waals surface area contributed by atoms with Crippen molar-refractivity contribution in [3.8, 4) is 0 Å². The second kappa shape index (κ2) is 10.1. The Labute approximate surface area is 223 Å². The van der Waals surface area contributed by atoms with Crippen molar-refractivity contribution in [2.75, 3.05) is 0 Å². The van der Waals surface area contributed by atoms with Gasteiger partial charge in [-0.3, -0.25) is 0 Å². The van der Waals surface area contributed by atoms with Gasteiger partial charge in [-0.05, 0) is 22.9 Å². The van der Waals surface area contributed by atoms with Crippen molar-refractivity contribution in [2.45, 2.75) is 0 Å². The molecule has 0 N–H and O–H groups in total. The molecule has 0 aliphatic heterocycles. The summed E-state index contributed by atoms with van der Waals surface area (Å²) in [7, 11) is -6.86. The summed E-state index contributed by atoms with van der Waals surface area (Å²) in [5.74, 6) is 0. The van der Waals surface area contributed by atoms with E-state index < -0.39 is 14.3 Å². The van der Waals surface area contributed by atoms with E-state index in [4.69, 9.17) is 0 Å². The summed E-state index contributed by atoms with van der Waals surface area (Å²) in [5, 5.41) is 6.03. The number of benzene rings is 6. The van der Waals surface area contributed by atoms with Crippen LogP contribution in [-0.4, -0.2) is 0 Å². The van der Waals surface area contributed by atoms with Crippen molar-refractivity contribution < 1.29 is 9.13 Å². The molecule has 0 fully saturated rings. The minimum Gasteiger partial charge on any atom is -0.309 e. The maximum absolute atomic E-state index is 15.7. The number of fused-ring (bicyclic) bond motifs is 1. The zero-order valence-corrected chi connectivity index (χ0v) is 22.5. The monoisotopic (exact) mass is 528 g/mol. The summed E-state index contributed by atoms with van der Waals surface area (Å²) >= 11 is 0. The molecule has 0 spiro atoms. The lowest BCUT2D eigenvalue weighted by Gasteiger charge is -2.28. The molecule has 6 aromatic rings. The summed E-state index contributed by atoms with van der Waals surface area (Å²) in [5.41, 5.74) is 0. The maximum atomic E-state index is 15.7. The zero-order chi connectivity index (χ0) is 26.0. The van der Waals surface area contributed by atoms with Crippen LogP contribution >= 0.6 is 14.3 Å². The molecule has 0 saturated heterocycles. The van der Waals surface area contributed by atoms with Gasteiger partial charge in [0.1, 0.15) is 0 Å². The van der Waals surface area contributed by atoms with Crippen LogP contribution in [0.25, 0.3) is 10.8 Å². The van der Waals surface area contributed by atoms with E-state index in [2.05, 4.69) is 0 Å². The van der Waals surface area contributed by atoms with Gasteiger partial charge in [-0.1, -0.05) is 146 Å². The van der Waals surface area contributed by atoms with Gasteiger partial charge in [0.2, 0.25) is 0 Å². The third-order valence-corrected chi connectivity index (χ3v) is 13.4. The number of rotatable bonds is 6. The van der Waals surface area contributed by atoms with Crippen LogP contribution < -0.4 is 31.8 Å². The molecule has 38 heavy (non-hydrogen) atoms. The highest BCUT2D eigenvalue weighted by Gasteiger charge is 2.39. The molecule has 2 nitrogen and oxygen atoms in total. The Morgan fingerprint density at radius 3 is 0.816 bits per heavy atom. The highest BCUT2D eigenvalue weighted by molar-refractivity contribution is 7.90. The second-order valence-electron chi connectivity index (χ2n) is 9.25. The standard InChI is InChI=1S/C34H26O2P2/c35-37(29-17-5-1-6-18-29,30-19-7-2-8-20-30)33-25-27-15-13-14-16-28(27)26-34(33)38(36,31-21-9-3-10-22-31)32-23-11-4-12-24-32/h1-26H. The molecule has 0 aromatic heterocycles.